The van der Waals surface area contributed by atoms with Crippen LogP contribution < -0.4 is 5.32 Å². The number of nitrogens with one attached hydrogen (secondary N) is 1. The Balaban J connectivity index is 1.61. The highest BCUT2D eigenvalue weighted by molar-refractivity contribution is 5.57. The second-order valence-electron chi connectivity index (χ2n) is 8.34. The van der Waals surface area contributed by atoms with E-state index in [2.05, 4.69) is 41.2 Å². The molecule has 1 aromatic carbocycles. The maximum atomic E-state index is 5.06. The number of rotatable bonds is 1. The minimum atomic E-state index is 0.208. The van der Waals surface area contributed by atoms with Crippen LogP contribution in [0, 0.1) is 12.8 Å². The molecule has 1 N–H and O–H groups in total. The maximum absolute atomic E-state index is 5.06. The van der Waals surface area contributed by atoms with E-state index in [-0.39, 0.29) is 5.54 Å². The van der Waals surface area contributed by atoms with Gasteiger partial charge in [0, 0.05) is 17.5 Å². The summed E-state index contributed by atoms with van der Waals surface area (Å²) in [7, 11) is 0. The fraction of sp³-hybridized carbons (Fsp3) is 0.619. The van der Waals surface area contributed by atoms with Crippen molar-refractivity contribution < 1.29 is 0 Å². The average Bonchev–Trinajstić information content (AvgIpc) is 3.08. The molecule has 2 saturated carbocycles. The molecule has 1 aromatic heterocycles. The summed E-state index contributed by atoms with van der Waals surface area (Å²) in [6.45, 7) is 2.12. The van der Waals surface area contributed by atoms with Gasteiger partial charge in [-0.05, 0) is 32.6 Å². The van der Waals surface area contributed by atoms with Crippen LogP contribution in [0.2, 0.25) is 0 Å². The number of hydrogen-bond acceptors (Lipinski definition) is 3. The van der Waals surface area contributed by atoms with Crippen molar-refractivity contribution in [2.75, 3.05) is 5.32 Å². The predicted molar refractivity (Wildman–Crippen MR) is 101 cm³/mol. The number of anilines is 1. The molecule has 2 heterocycles. The lowest BCUT2D eigenvalue weighted by atomic mass is 9.64. The van der Waals surface area contributed by atoms with Gasteiger partial charge in [0.2, 0.25) is 5.95 Å². The minimum Gasteiger partial charge on any atom is -0.351 e. The van der Waals surface area contributed by atoms with E-state index < -0.39 is 0 Å². The zero-order chi connectivity index (χ0) is 16.9. The Morgan fingerprint density at radius 3 is 2.56 bits per heavy atom. The van der Waals surface area contributed by atoms with E-state index in [1.54, 1.807) is 0 Å². The zero-order valence-corrected chi connectivity index (χ0v) is 15.2. The Morgan fingerprint density at radius 1 is 1.00 bits per heavy atom. The maximum Gasteiger partial charge on any atom is 0.222 e. The molecule has 4 nitrogen and oxygen atoms in total. The van der Waals surface area contributed by atoms with Crippen molar-refractivity contribution in [1.29, 1.82) is 0 Å². The molecular weight excluding hydrogens is 308 g/mol. The second kappa shape index (κ2) is 5.86. The molecule has 4 heteroatoms. The molecule has 2 atom stereocenters. The molecule has 2 fully saturated rings. The smallest absolute Gasteiger partial charge is 0.222 e. The Kier molecular flexibility index (Phi) is 3.61. The first-order chi connectivity index (χ1) is 12.3. The lowest BCUT2D eigenvalue weighted by Crippen LogP contribution is -2.55. The van der Waals surface area contributed by atoms with Gasteiger partial charge in [-0.1, -0.05) is 61.9 Å². The standard InChI is InChI=1S/C21H28N4/c1-15-9-11-16(12-10-15)19-23-20-22-18-8-4-3-7-17(18)21(25(20)24-19)13-5-2-6-14-21/h9-12,17-18H,2-8,13-14H2,1H3,(H,22,23,24). The highest BCUT2D eigenvalue weighted by atomic mass is 15.5. The van der Waals surface area contributed by atoms with Crippen molar-refractivity contribution in [3.05, 3.63) is 29.8 Å². The number of nitrogens with zero attached hydrogens (tertiary/aromatic N) is 3. The average molecular weight is 336 g/mol. The molecule has 0 saturated heterocycles. The molecule has 1 spiro atoms. The van der Waals surface area contributed by atoms with Crippen molar-refractivity contribution >= 4 is 5.95 Å². The highest BCUT2D eigenvalue weighted by Crippen LogP contribution is 2.51. The van der Waals surface area contributed by atoms with Crippen molar-refractivity contribution in [3.8, 4) is 11.4 Å². The normalized spacial score (nSPS) is 27.4. The van der Waals surface area contributed by atoms with E-state index in [1.165, 1.54) is 63.4 Å². The van der Waals surface area contributed by atoms with Crippen LogP contribution in [0.4, 0.5) is 5.95 Å². The number of aryl methyl sites for hydroxylation is 1. The quantitative estimate of drug-likeness (QED) is 0.805. The number of benzene rings is 1. The highest BCUT2D eigenvalue weighted by Gasteiger charge is 2.51. The topological polar surface area (TPSA) is 42.7 Å². The van der Waals surface area contributed by atoms with Crippen molar-refractivity contribution in [3.63, 3.8) is 0 Å². The summed E-state index contributed by atoms with van der Waals surface area (Å²) < 4.78 is 2.31. The first kappa shape index (κ1) is 15.4. The Bertz CT molecular complexity index is 755. The SMILES string of the molecule is Cc1ccc(-c2nc3n(n2)C2(CCCCC2)C2CCCCC2N3)cc1. The molecule has 0 amide bonds. The van der Waals surface area contributed by atoms with Crippen molar-refractivity contribution in [1.82, 2.24) is 14.8 Å². The summed E-state index contributed by atoms with van der Waals surface area (Å²) in [5.41, 5.74) is 2.61. The number of aromatic nitrogens is 3. The summed E-state index contributed by atoms with van der Waals surface area (Å²) in [5, 5.41) is 8.82. The molecule has 3 aliphatic rings. The van der Waals surface area contributed by atoms with Crippen LogP contribution in [0.5, 0.6) is 0 Å². The largest absolute Gasteiger partial charge is 0.351 e. The monoisotopic (exact) mass is 336 g/mol. The summed E-state index contributed by atoms with van der Waals surface area (Å²) in [6.07, 6.45) is 12.0. The van der Waals surface area contributed by atoms with Gasteiger partial charge in [-0.2, -0.15) is 4.98 Å². The molecule has 132 valence electrons. The van der Waals surface area contributed by atoms with E-state index in [0.29, 0.717) is 6.04 Å². The van der Waals surface area contributed by atoms with Gasteiger partial charge in [0.1, 0.15) is 0 Å². The van der Waals surface area contributed by atoms with E-state index in [4.69, 9.17) is 10.1 Å². The van der Waals surface area contributed by atoms with Gasteiger partial charge in [-0.25, -0.2) is 4.68 Å². The molecule has 1 aliphatic heterocycles. The van der Waals surface area contributed by atoms with E-state index in [0.717, 1.165) is 23.3 Å². The van der Waals surface area contributed by atoms with E-state index in [9.17, 15) is 0 Å². The molecule has 2 aliphatic carbocycles. The molecule has 5 rings (SSSR count). The van der Waals surface area contributed by atoms with Gasteiger partial charge in [0.15, 0.2) is 5.82 Å². The number of hydrogen-bond donors (Lipinski definition) is 1. The minimum absolute atomic E-state index is 0.208. The molecule has 25 heavy (non-hydrogen) atoms. The summed E-state index contributed by atoms with van der Waals surface area (Å²) in [6, 6.07) is 9.20. The second-order valence-corrected chi connectivity index (χ2v) is 8.34. The first-order valence-electron chi connectivity index (χ1n) is 10.1. The molecule has 0 radical (unpaired) electrons. The van der Waals surface area contributed by atoms with Gasteiger partial charge in [0.25, 0.3) is 0 Å². The first-order valence-corrected chi connectivity index (χ1v) is 10.1. The number of fused-ring (bicyclic) bond motifs is 4. The summed E-state index contributed by atoms with van der Waals surface area (Å²) in [5.74, 6) is 2.62. The third-order valence-corrected chi connectivity index (χ3v) is 6.83. The third-order valence-electron chi connectivity index (χ3n) is 6.83. The Morgan fingerprint density at radius 2 is 1.76 bits per heavy atom. The van der Waals surface area contributed by atoms with Gasteiger partial charge in [-0.3, -0.25) is 0 Å². The lowest BCUT2D eigenvalue weighted by molar-refractivity contribution is 0.0455. The van der Waals surface area contributed by atoms with Crippen LogP contribution in [0.1, 0.15) is 63.4 Å². The van der Waals surface area contributed by atoms with Crippen LogP contribution in [0.15, 0.2) is 24.3 Å². The zero-order valence-electron chi connectivity index (χ0n) is 15.2. The fourth-order valence-corrected chi connectivity index (χ4v) is 5.56. The van der Waals surface area contributed by atoms with Gasteiger partial charge in [0.05, 0.1) is 5.54 Å². The van der Waals surface area contributed by atoms with Crippen LogP contribution in [-0.2, 0) is 5.54 Å². The fourth-order valence-electron chi connectivity index (χ4n) is 5.56. The van der Waals surface area contributed by atoms with Gasteiger partial charge < -0.3 is 5.32 Å². The Labute approximate surface area is 150 Å². The molecule has 2 unspecified atom stereocenters. The summed E-state index contributed by atoms with van der Waals surface area (Å²) in [4.78, 5) is 4.93. The van der Waals surface area contributed by atoms with E-state index in [1.807, 2.05) is 0 Å². The van der Waals surface area contributed by atoms with Crippen molar-refractivity contribution in [2.45, 2.75) is 76.3 Å². The summed E-state index contributed by atoms with van der Waals surface area (Å²) >= 11 is 0. The lowest BCUT2D eigenvalue weighted by Gasteiger charge is -2.52. The van der Waals surface area contributed by atoms with Crippen LogP contribution in [0.25, 0.3) is 11.4 Å². The van der Waals surface area contributed by atoms with Crippen LogP contribution in [-0.4, -0.2) is 20.8 Å². The van der Waals surface area contributed by atoms with Crippen molar-refractivity contribution in [2.24, 2.45) is 5.92 Å². The van der Waals surface area contributed by atoms with Gasteiger partial charge >= 0.3 is 0 Å². The molecule has 2 aromatic rings. The molecular formula is C21H28N4. The van der Waals surface area contributed by atoms with Crippen LogP contribution in [0.3, 0.4) is 0 Å². The van der Waals surface area contributed by atoms with Crippen LogP contribution >= 0.6 is 0 Å². The Hall–Kier alpha value is -1.84. The molecule has 0 bridgehead atoms. The third kappa shape index (κ3) is 2.41. The van der Waals surface area contributed by atoms with Gasteiger partial charge in [-0.15, -0.1) is 5.10 Å². The predicted octanol–water partition coefficient (Wildman–Crippen LogP) is 4.90. The van der Waals surface area contributed by atoms with E-state index >= 15 is 0 Å².